The number of amides is 1. The van der Waals surface area contributed by atoms with Crippen LogP contribution < -0.4 is 5.32 Å². The number of nitrogens with one attached hydrogen (secondary N) is 2. The molecule has 6 nitrogen and oxygen atoms in total. The molecular weight excluding hydrogens is 439 g/mol. The molecule has 4 rings (SSSR count). The summed E-state index contributed by atoms with van der Waals surface area (Å²) < 4.78 is 18.9. The number of rotatable bonds is 7. The van der Waals surface area contributed by atoms with E-state index in [0.29, 0.717) is 22.2 Å². The van der Waals surface area contributed by atoms with Crippen molar-refractivity contribution in [2.24, 2.45) is 0 Å². The predicted molar refractivity (Wildman–Crippen MR) is 119 cm³/mol. The zero-order valence-corrected chi connectivity index (χ0v) is 18.1. The number of aromatic nitrogens is 3. The SMILES string of the molecule is CCc1nc(SCc2ccc(NC(=O)c3ccc(-c4ccc(F)c(Cl)c4)o3)cc2)n[nH]1. The fourth-order valence-electron chi connectivity index (χ4n) is 2.79. The van der Waals surface area contributed by atoms with Crippen LogP contribution in [0.4, 0.5) is 10.1 Å². The molecule has 9 heteroatoms. The third-order valence-corrected chi connectivity index (χ3v) is 5.67. The third-order valence-electron chi connectivity index (χ3n) is 4.46. The van der Waals surface area contributed by atoms with E-state index in [1.807, 2.05) is 31.2 Å². The normalized spacial score (nSPS) is 10.9. The Labute approximate surface area is 187 Å². The zero-order chi connectivity index (χ0) is 21.8. The quantitative estimate of drug-likeness (QED) is 0.335. The highest BCUT2D eigenvalue weighted by Crippen LogP contribution is 2.27. The Morgan fingerprint density at radius 3 is 2.71 bits per heavy atom. The van der Waals surface area contributed by atoms with E-state index in [0.717, 1.165) is 23.6 Å². The van der Waals surface area contributed by atoms with Crippen molar-refractivity contribution in [2.75, 3.05) is 5.32 Å². The van der Waals surface area contributed by atoms with Crippen LogP contribution in [0.5, 0.6) is 0 Å². The van der Waals surface area contributed by atoms with E-state index >= 15 is 0 Å². The van der Waals surface area contributed by atoms with Crippen LogP contribution in [0.25, 0.3) is 11.3 Å². The Morgan fingerprint density at radius 2 is 2.00 bits per heavy atom. The van der Waals surface area contributed by atoms with Gasteiger partial charge in [0.1, 0.15) is 17.4 Å². The lowest BCUT2D eigenvalue weighted by molar-refractivity contribution is 0.0997. The van der Waals surface area contributed by atoms with Crippen molar-refractivity contribution in [3.63, 3.8) is 0 Å². The van der Waals surface area contributed by atoms with E-state index in [4.69, 9.17) is 16.0 Å². The standard InChI is InChI=1S/C22H18ClFN4O2S/c1-2-20-26-22(28-27-20)31-12-13-3-6-15(7-4-13)25-21(29)19-10-9-18(30-19)14-5-8-17(24)16(23)11-14/h3-11H,2,12H2,1H3,(H,25,29)(H,26,27,28). The first-order valence-corrected chi connectivity index (χ1v) is 10.9. The molecule has 2 aromatic carbocycles. The lowest BCUT2D eigenvalue weighted by Gasteiger charge is -2.05. The topological polar surface area (TPSA) is 83.8 Å². The van der Waals surface area contributed by atoms with Crippen molar-refractivity contribution in [3.8, 4) is 11.3 Å². The number of benzene rings is 2. The van der Waals surface area contributed by atoms with Gasteiger partial charge in [-0.1, -0.05) is 42.4 Å². The van der Waals surface area contributed by atoms with Crippen LogP contribution in [0.15, 0.2) is 64.2 Å². The van der Waals surface area contributed by atoms with E-state index in [2.05, 4.69) is 20.5 Å². The number of hydrogen-bond donors (Lipinski definition) is 2. The molecule has 1 amide bonds. The number of thioether (sulfide) groups is 1. The summed E-state index contributed by atoms with van der Waals surface area (Å²) in [5, 5.41) is 10.6. The average Bonchev–Trinajstić information content (AvgIpc) is 3.45. The Balaban J connectivity index is 1.36. The van der Waals surface area contributed by atoms with Crippen molar-refractivity contribution in [1.82, 2.24) is 15.2 Å². The monoisotopic (exact) mass is 456 g/mol. The van der Waals surface area contributed by atoms with Crippen molar-refractivity contribution < 1.29 is 13.6 Å². The Hall–Kier alpha value is -3.10. The number of anilines is 1. The largest absolute Gasteiger partial charge is 0.451 e. The van der Waals surface area contributed by atoms with Gasteiger partial charge in [-0.05, 0) is 48.0 Å². The Bertz CT molecular complexity index is 1210. The van der Waals surface area contributed by atoms with Crippen molar-refractivity contribution in [1.29, 1.82) is 0 Å². The van der Waals surface area contributed by atoms with Crippen LogP contribution in [-0.2, 0) is 12.2 Å². The molecule has 0 radical (unpaired) electrons. The first-order valence-electron chi connectivity index (χ1n) is 9.51. The maximum Gasteiger partial charge on any atom is 0.291 e. The van der Waals surface area contributed by atoms with Gasteiger partial charge in [-0.25, -0.2) is 9.37 Å². The summed E-state index contributed by atoms with van der Waals surface area (Å²) in [5.41, 5.74) is 2.32. The van der Waals surface area contributed by atoms with Crippen LogP contribution in [0.3, 0.4) is 0 Å². The van der Waals surface area contributed by atoms with E-state index in [1.165, 1.54) is 12.1 Å². The minimum absolute atomic E-state index is 0.00738. The molecular formula is C22H18ClFN4O2S. The second kappa shape index (κ2) is 9.36. The van der Waals surface area contributed by atoms with Gasteiger partial charge >= 0.3 is 0 Å². The summed E-state index contributed by atoms with van der Waals surface area (Å²) in [5.74, 6) is 1.27. The van der Waals surface area contributed by atoms with Gasteiger partial charge in [0.25, 0.3) is 5.91 Å². The minimum Gasteiger partial charge on any atom is -0.451 e. The van der Waals surface area contributed by atoms with Crippen LogP contribution in [-0.4, -0.2) is 21.1 Å². The smallest absolute Gasteiger partial charge is 0.291 e. The molecule has 4 aromatic rings. The van der Waals surface area contributed by atoms with Gasteiger partial charge in [0.2, 0.25) is 5.16 Å². The third kappa shape index (κ3) is 5.15. The van der Waals surface area contributed by atoms with Gasteiger partial charge < -0.3 is 9.73 Å². The Kier molecular flexibility index (Phi) is 6.39. The number of nitrogens with zero attached hydrogens (tertiary/aromatic N) is 2. The summed E-state index contributed by atoms with van der Waals surface area (Å²) in [6.07, 6.45) is 0.816. The van der Waals surface area contributed by atoms with E-state index in [-0.39, 0.29) is 16.7 Å². The molecule has 2 aromatic heterocycles. The number of aryl methyl sites for hydroxylation is 1. The maximum absolute atomic E-state index is 13.3. The van der Waals surface area contributed by atoms with Gasteiger partial charge in [-0.15, -0.1) is 5.10 Å². The second-order valence-electron chi connectivity index (χ2n) is 6.65. The minimum atomic E-state index is -0.511. The second-order valence-corrected chi connectivity index (χ2v) is 8.00. The molecule has 158 valence electrons. The van der Waals surface area contributed by atoms with E-state index in [9.17, 15) is 9.18 Å². The first-order chi connectivity index (χ1) is 15.0. The van der Waals surface area contributed by atoms with Gasteiger partial charge in [-0.2, -0.15) is 0 Å². The molecule has 0 fully saturated rings. The fourth-order valence-corrected chi connectivity index (χ4v) is 3.74. The number of aromatic amines is 1. The molecule has 0 aliphatic carbocycles. The Morgan fingerprint density at radius 1 is 1.19 bits per heavy atom. The first kappa shape index (κ1) is 21.1. The van der Waals surface area contributed by atoms with Crippen molar-refractivity contribution in [2.45, 2.75) is 24.3 Å². The van der Waals surface area contributed by atoms with Gasteiger partial charge in [0.05, 0.1) is 5.02 Å². The number of H-pyrrole nitrogens is 1. The summed E-state index contributed by atoms with van der Waals surface area (Å²) >= 11 is 7.35. The summed E-state index contributed by atoms with van der Waals surface area (Å²) in [4.78, 5) is 16.9. The molecule has 0 unspecified atom stereocenters. The number of furan rings is 1. The highest BCUT2D eigenvalue weighted by atomic mass is 35.5. The number of carbonyl (C=O) groups excluding carboxylic acids is 1. The van der Waals surface area contributed by atoms with Crippen LogP contribution >= 0.6 is 23.4 Å². The lowest BCUT2D eigenvalue weighted by atomic mass is 10.2. The molecule has 31 heavy (non-hydrogen) atoms. The molecule has 0 atom stereocenters. The molecule has 2 N–H and O–H groups in total. The van der Waals surface area contributed by atoms with Gasteiger partial charge in [0.15, 0.2) is 5.76 Å². The molecule has 0 bridgehead atoms. The average molecular weight is 457 g/mol. The van der Waals surface area contributed by atoms with Crippen LogP contribution in [0.2, 0.25) is 5.02 Å². The summed E-state index contributed by atoms with van der Waals surface area (Å²) in [7, 11) is 0. The molecule has 0 aliphatic rings. The van der Waals surface area contributed by atoms with E-state index < -0.39 is 5.82 Å². The highest BCUT2D eigenvalue weighted by molar-refractivity contribution is 7.98. The summed E-state index contributed by atoms with van der Waals surface area (Å²) in [6, 6.07) is 15.0. The van der Waals surface area contributed by atoms with Crippen molar-refractivity contribution in [3.05, 3.63) is 82.6 Å². The number of halogens is 2. The maximum atomic E-state index is 13.3. The summed E-state index contributed by atoms with van der Waals surface area (Å²) in [6.45, 7) is 2.02. The zero-order valence-electron chi connectivity index (χ0n) is 16.5. The molecule has 0 saturated heterocycles. The lowest BCUT2D eigenvalue weighted by Crippen LogP contribution is -2.10. The fraction of sp³-hybridized carbons (Fsp3) is 0.136. The van der Waals surface area contributed by atoms with Gasteiger partial charge in [0, 0.05) is 23.4 Å². The molecule has 0 aliphatic heterocycles. The predicted octanol–water partition coefficient (Wildman–Crippen LogP) is 5.96. The van der Waals surface area contributed by atoms with E-state index in [1.54, 1.807) is 30.0 Å². The highest BCUT2D eigenvalue weighted by Gasteiger charge is 2.14. The molecule has 0 spiro atoms. The number of carbonyl (C=O) groups is 1. The van der Waals surface area contributed by atoms with Crippen LogP contribution in [0.1, 0.15) is 28.9 Å². The molecule has 0 saturated carbocycles. The van der Waals surface area contributed by atoms with Gasteiger partial charge in [-0.3, -0.25) is 9.89 Å². The van der Waals surface area contributed by atoms with Crippen molar-refractivity contribution >= 4 is 35.0 Å². The van der Waals surface area contributed by atoms with Crippen LogP contribution in [0, 0.1) is 5.82 Å². The molecule has 2 heterocycles. The number of hydrogen-bond acceptors (Lipinski definition) is 5.